The van der Waals surface area contributed by atoms with E-state index in [1.54, 1.807) is 30.5 Å². The van der Waals surface area contributed by atoms with E-state index in [1.165, 1.54) is 10.6 Å². The summed E-state index contributed by atoms with van der Waals surface area (Å²) in [6.07, 6.45) is 1.69. The number of hydrogen-bond donors (Lipinski definition) is 1. The Bertz CT molecular complexity index is 686. The average molecular weight is 317 g/mol. The summed E-state index contributed by atoms with van der Waals surface area (Å²) in [5.74, 6) is 0.611. The molecule has 0 saturated heterocycles. The molecule has 124 valence electrons. The number of rotatable bonds is 8. The Balaban J connectivity index is 1.90. The third-order valence-electron chi connectivity index (χ3n) is 3.72. The van der Waals surface area contributed by atoms with Gasteiger partial charge < -0.3 is 19.2 Å². The van der Waals surface area contributed by atoms with Gasteiger partial charge in [-0.2, -0.15) is 0 Å². The van der Waals surface area contributed by atoms with E-state index < -0.39 is 0 Å². The molecule has 2 aromatic rings. The Hall–Kier alpha value is -2.34. The SMILES string of the molecule is CCN(CC)CCNC(=O)c1ccc(Cn2ccccc2=O)o1. The lowest BCUT2D eigenvalue weighted by atomic mass is 10.4. The van der Waals surface area contributed by atoms with Gasteiger partial charge in [0.15, 0.2) is 5.76 Å². The molecule has 2 rings (SSSR count). The van der Waals surface area contributed by atoms with Crippen LogP contribution in [0.15, 0.2) is 45.7 Å². The molecule has 0 fully saturated rings. The van der Waals surface area contributed by atoms with Gasteiger partial charge in [0.05, 0.1) is 6.54 Å². The molecule has 2 heterocycles. The van der Waals surface area contributed by atoms with Gasteiger partial charge in [0.25, 0.3) is 11.5 Å². The summed E-state index contributed by atoms with van der Waals surface area (Å²) < 4.78 is 7.06. The van der Waals surface area contributed by atoms with Gasteiger partial charge in [-0.3, -0.25) is 9.59 Å². The Morgan fingerprint density at radius 1 is 1.22 bits per heavy atom. The lowest BCUT2D eigenvalue weighted by Gasteiger charge is -2.17. The predicted molar refractivity (Wildman–Crippen MR) is 88.6 cm³/mol. The van der Waals surface area contributed by atoms with Crippen LogP contribution >= 0.6 is 0 Å². The molecule has 0 radical (unpaired) electrons. The second-order valence-corrected chi connectivity index (χ2v) is 5.22. The highest BCUT2D eigenvalue weighted by Crippen LogP contribution is 2.08. The van der Waals surface area contributed by atoms with Crippen molar-refractivity contribution in [2.45, 2.75) is 20.4 Å². The Morgan fingerprint density at radius 2 is 2.00 bits per heavy atom. The van der Waals surface area contributed by atoms with Gasteiger partial charge >= 0.3 is 0 Å². The molecule has 0 aliphatic rings. The minimum atomic E-state index is -0.233. The summed E-state index contributed by atoms with van der Waals surface area (Å²) in [6, 6.07) is 8.32. The van der Waals surface area contributed by atoms with E-state index >= 15 is 0 Å². The molecule has 1 N–H and O–H groups in total. The Labute approximate surface area is 135 Å². The molecule has 0 aliphatic heterocycles. The number of furan rings is 1. The number of hydrogen-bond acceptors (Lipinski definition) is 4. The molecule has 23 heavy (non-hydrogen) atoms. The fraction of sp³-hybridized carbons (Fsp3) is 0.412. The fourth-order valence-electron chi connectivity index (χ4n) is 2.30. The zero-order chi connectivity index (χ0) is 16.7. The van der Waals surface area contributed by atoms with E-state index in [0.717, 1.165) is 19.6 Å². The van der Waals surface area contributed by atoms with Gasteiger partial charge in [0, 0.05) is 25.4 Å². The molecule has 0 saturated carbocycles. The second-order valence-electron chi connectivity index (χ2n) is 5.22. The zero-order valence-electron chi connectivity index (χ0n) is 13.6. The Morgan fingerprint density at radius 3 is 2.70 bits per heavy atom. The van der Waals surface area contributed by atoms with E-state index in [0.29, 0.717) is 18.8 Å². The molecule has 6 heteroatoms. The quantitative estimate of drug-likeness (QED) is 0.802. The van der Waals surface area contributed by atoms with Crippen LogP contribution in [-0.2, 0) is 6.54 Å². The number of nitrogens with one attached hydrogen (secondary N) is 1. The Kier molecular flexibility index (Phi) is 6.17. The number of carbonyl (C=O) groups is 1. The van der Waals surface area contributed by atoms with Gasteiger partial charge in [-0.1, -0.05) is 19.9 Å². The highest BCUT2D eigenvalue weighted by Gasteiger charge is 2.11. The van der Waals surface area contributed by atoms with E-state index in [-0.39, 0.29) is 17.2 Å². The second kappa shape index (κ2) is 8.33. The molecule has 2 aromatic heterocycles. The van der Waals surface area contributed by atoms with Crippen molar-refractivity contribution in [3.05, 3.63) is 58.4 Å². The molecule has 0 unspecified atom stereocenters. The maximum Gasteiger partial charge on any atom is 0.287 e. The molecular weight excluding hydrogens is 294 g/mol. The number of carbonyl (C=O) groups excluding carboxylic acids is 1. The summed E-state index contributed by atoms with van der Waals surface area (Å²) in [5.41, 5.74) is -0.103. The number of amides is 1. The monoisotopic (exact) mass is 317 g/mol. The summed E-state index contributed by atoms with van der Waals surface area (Å²) in [4.78, 5) is 25.9. The van der Waals surface area contributed by atoms with Crippen molar-refractivity contribution in [2.24, 2.45) is 0 Å². The van der Waals surface area contributed by atoms with Crippen molar-refractivity contribution < 1.29 is 9.21 Å². The van der Waals surface area contributed by atoms with Gasteiger partial charge in [0.2, 0.25) is 0 Å². The highest BCUT2D eigenvalue weighted by molar-refractivity contribution is 5.91. The maximum absolute atomic E-state index is 12.0. The van der Waals surface area contributed by atoms with Gasteiger partial charge in [-0.15, -0.1) is 0 Å². The van der Waals surface area contributed by atoms with Crippen molar-refractivity contribution in [3.63, 3.8) is 0 Å². The van der Waals surface area contributed by atoms with Crippen molar-refractivity contribution in [2.75, 3.05) is 26.2 Å². The molecular formula is C17H23N3O3. The number of nitrogens with zero attached hydrogens (tertiary/aromatic N) is 2. The van der Waals surface area contributed by atoms with Crippen molar-refractivity contribution in [1.29, 1.82) is 0 Å². The third kappa shape index (κ3) is 4.82. The summed E-state index contributed by atoms with van der Waals surface area (Å²) in [7, 11) is 0. The smallest absolute Gasteiger partial charge is 0.287 e. The number of likely N-dealkylation sites (N-methyl/N-ethyl adjacent to an activating group) is 1. The van der Waals surface area contributed by atoms with Crippen LogP contribution in [0.5, 0.6) is 0 Å². The number of pyridine rings is 1. The van der Waals surface area contributed by atoms with Crippen LogP contribution in [0.3, 0.4) is 0 Å². The van der Waals surface area contributed by atoms with Crippen molar-refractivity contribution in [3.8, 4) is 0 Å². The summed E-state index contributed by atoms with van der Waals surface area (Å²) in [5, 5.41) is 2.84. The molecule has 0 aromatic carbocycles. The molecule has 6 nitrogen and oxygen atoms in total. The van der Waals surface area contributed by atoms with Crippen LogP contribution in [0.1, 0.15) is 30.2 Å². The molecule has 0 aliphatic carbocycles. The first-order valence-electron chi connectivity index (χ1n) is 7.88. The zero-order valence-corrected chi connectivity index (χ0v) is 13.6. The van der Waals surface area contributed by atoms with E-state index in [2.05, 4.69) is 24.1 Å². The topological polar surface area (TPSA) is 67.5 Å². The largest absolute Gasteiger partial charge is 0.454 e. The van der Waals surface area contributed by atoms with Crippen molar-refractivity contribution in [1.82, 2.24) is 14.8 Å². The molecule has 0 spiro atoms. The third-order valence-corrected chi connectivity index (χ3v) is 3.72. The first-order valence-corrected chi connectivity index (χ1v) is 7.88. The van der Waals surface area contributed by atoms with Crippen LogP contribution in [-0.4, -0.2) is 41.6 Å². The van der Waals surface area contributed by atoms with Crippen LogP contribution in [0, 0.1) is 0 Å². The minimum absolute atomic E-state index is 0.103. The van der Waals surface area contributed by atoms with Crippen LogP contribution in [0.4, 0.5) is 0 Å². The summed E-state index contributed by atoms with van der Waals surface area (Å²) >= 11 is 0. The minimum Gasteiger partial charge on any atom is -0.454 e. The lowest BCUT2D eigenvalue weighted by molar-refractivity contribution is 0.0919. The standard InChI is InChI=1S/C17H23N3O3/c1-3-19(4-2)12-10-18-17(22)15-9-8-14(23-15)13-20-11-6-5-7-16(20)21/h5-9,11H,3-4,10,12-13H2,1-2H3,(H,18,22). The van der Waals surface area contributed by atoms with Gasteiger partial charge in [0.1, 0.15) is 5.76 Å². The van der Waals surface area contributed by atoms with Gasteiger partial charge in [-0.05, 0) is 31.3 Å². The van der Waals surface area contributed by atoms with Crippen LogP contribution in [0.2, 0.25) is 0 Å². The van der Waals surface area contributed by atoms with Gasteiger partial charge in [-0.25, -0.2) is 0 Å². The first-order chi connectivity index (χ1) is 11.1. The molecule has 0 bridgehead atoms. The average Bonchev–Trinajstić information content (AvgIpc) is 3.02. The van der Waals surface area contributed by atoms with Crippen LogP contribution < -0.4 is 10.9 Å². The normalized spacial score (nSPS) is 10.9. The van der Waals surface area contributed by atoms with E-state index in [4.69, 9.17) is 4.42 Å². The fourth-order valence-corrected chi connectivity index (χ4v) is 2.30. The number of aromatic nitrogens is 1. The van der Waals surface area contributed by atoms with E-state index in [9.17, 15) is 9.59 Å². The maximum atomic E-state index is 12.0. The molecule has 0 atom stereocenters. The van der Waals surface area contributed by atoms with Crippen molar-refractivity contribution >= 4 is 5.91 Å². The van der Waals surface area contributed by atoms with E-state index in [1.807, 2.05) is 0 Å². The lowest BCUT2D eigenvalue weighted by Crippen LogP contribution is -2.34. The predicted octanol–water partition coefficient (Wildman–Crippen LogP) is 1.56. The molecule has 1 amide bonds. The first kappa shape index (κ1) is 17.0. The van der Waals surface area contributed by atoms with Crippen LogP contribution in [0.25, 0.3) is 0 Å². The highest BCUT2D eigenvalue weighted by atomic mass is 16.4. The summed E-state index contributed by atoms with van der Waals surface area (Å²) in [6.45, 7) is 7.81.